The largest absolute Gasteiger partial charge is 0.478 e. The first kappa shape index (κ1) is 22.0. The second-order valence-electron chi connectivity index (χ2n) is 8.20. The van der Waals surface area contributed by atoms with E-state index in [0.717, 1.165) is 55.6 Å². The van der Waals surface area contributed by atoms with Crippen molar-refractivity contribution in [2.75, 3.05) is 25.5 Å². The molecule has 1 saturated heterocycles. The number of methoxy groups -OCH3 is 1. The molecule has 0 bridgehead atoms. The fourth-order valence-electron chi connectivity index (χ4n) is 4.21. The number of hydrogen-bond acceptors (Lipinski definition) is 6. The van der Waals surface area contributed by atoms with Crippen molar-refractivity contribution in [3.63, 3.8) is 0 Å². The van der Waals surface area contributed by atoms with Gasteiger partial charge in [-0.3, -0.25) is 10.2 Å². The maximum absolute atomic E-state index is 13.6. The molecule has 11 heteroatoms. The molecule has 0 radical (unpaired) electrons. The molecule has 0 aliphatic carbocycles. The van der Waals surface area contributed by atoms with E-state index in [1.165, 1.54) is 12.7 Å². The number of likely N-dealkylation sites (tertiary alicyclic amines) is 1. The number of rotatable bonds is 5. The van der Waals surface area contributed by atoms with Crippen LogP contribution in [-0.2, 0) is 6.54 Å². The molecule has 176 valence electrons. The lowest BCUT2D eigenvalue weighted by atomic mass is 10.0. The highest BCUT2D eigenvalue weighted by Gasteiger charge is 2.23. The normalized spacial score (nSPS) is 15.0. The average molecular weight is 467 g/mol. The molecule has 9 nitrogen and oxygen atoms in total. The number of nitrogens with one attached hydrogen (secondary N) is 3. The first-order chi connectivity index (χ1) is 16.5. The second-order valence-corrected chi connectivity index (χ2v) is 8.20. The second kappa shape index (κ2) is 9.18. The Hall–Kier alpha value is -3.86. The summed E-state index contributed by atoms with van der Waals surface area (Å²) in [5, 5.41) is 6.68. The number of halogens is 2. The molecular weight excluding hydrogens is 444 g/mol. The number of ether oxygens (including phenoxy) is 1. The minimum atomic E-state index is -1.04. The van der Waals surface area contributed by atoms with Crippen LogP contribution in [0.3, 0.4) is 0 Å². The number of carbonyl (C=O) groups is 1. The predicted molar refractivity (Wildman–Crippen MR) is 123 cm³/mol. The number of carbonyl (C=O) groups excluding carboxylic acids is 1. The Morgan fingerprint density at radius 1 is 1.21 bits per heavy atom. The Morgan fingerprint density at radius 3 is 2.68 bits per heavy atom. The fourth-order valence-corrected chi connectivity index (χ4v) is 4.21. The van der Waals surface area contributed by atoms with Gasteiger partial charge in [0.15, 0.2) is 17.5 Å². The maximum atomic E-state index is 13.6. The van der Waals surface area contributed by atoms with Crippen LogP contribution in [0.2, 0.25) is 0 Å². The summed E-state index contributed by atoms with van der Waals surface area (Å²) in [6.45, 7) is 2.48. The lowest BCUT2D eigenvalue weighted by Gasteiger charge is -2.32. The van der Waals surface area contributed by atoms with E-state index in [9.17, 15) is 13.6 Å². The zero-order valence-electron chi connectivity index (χ0n) is 18.4. The number of urea groups is 1. The third-order valence-corrected chi connectivity index (χ3v) is 5.95. The van der Waals surface area contributed by atoms with E-state index in [2.05, 4.69) is 41.5 Å². The molecule has 0 unspecified atom stereocenters. The average Bonchev–Trinajstić information content (AvgIpc) is 3.24. The van der Waals surface area contributed by atoms with Crippen LogP contribution < -0.4 is 15.4 Å². The van der Waals surface area contributed by atoms with Gasteiger partial charge in [-0.15, -0.1) is 0 Å². The monoisotopic (exact) mass is 467 g/mol. The smallest absolute Gasteiger partial charge is 0.320 e. The van der Waals surface area contributed by atoms with Crippen LogP contribution in [0.1, 0.15) is 18.4 Å². The summed E-state index contributed by atoms with van der Waals surface area (Å²) in [7, 11) is 1.36. The summed E-state index contributed by atoms with van der Waals surface area (Å²) in [6.07, 6.45) is 5.34. The van der Waals surface area contributed by atoms with E-state index in [1.807, 2.05) is 12.3 Å². The lowest BCUT2D eigenvalue weighted by Crippen LogP contribution is -2.45. The first-order valence-corrected chi connectivity index (χ1v) is 10.9. The van der Waals surface area contributed by atoms with Crippen molar-refractivity contribution in [2.24, 2.45) is 0 Å². The molecule has 1 fully saturated rings. The van der Waals surface area contributed by atoms with Gasteiger partial charge in [0.2, 0.25) is 0 Å². The molecule has 34 heavy (non-hydrogen) atoms. The zero-order chi connectivity index (χ0) is 23.7. The van der Waals surface area contributed by atoms with Crippen LogP contribution in [0, 0.1) is 11.6 Å². The van der Waals surface area contributed by atoms with E-state index >= 15 is 0 Å². The minimum Gasteiger partial charge on any atom is -0.478 e. The highest BCUT2D eigenvalue weighted by molar-refractivity contribution is 5.91. The molecule has 0 atom stereocenters. The van der Waals surface area contributed by atoms with Crippen LogP contribution in [-0.4, -0.2) is 57.1 Å². The number of aromatic nitrogens is 4. The van der Waals surface area contributed by atoms with E-state index in [1.54, 1.807) is 6.20 Å². The molecule has 4 aromatic rings. The van der Waals surface area contributed by atoms with Gasteiger partial charge in [-0.05, 0) is 30.5 Å². The third kappa shape index (κ3) is 4.46. The summed E-state index contributed by atoms with van der Waals surface area (Å²) in [4.78, 5) is 30.7. The van der Waals surface area contributed by atoms with Crippen molar-refractivity contribution in [3.8, 4) is 5.88 Å². The van der Waals surface area contributed by atoms with Crippen molar-refractivity contribution in [1.82, 2.24) is 30.2 Å². The molecule has 3 N–H and O–H groups in total. The number of fused-ring (bicyclic) bond motifs is 2. The lowest BCUT2D eigenvalue weighted by molar-refractivity contribution is 0.190. The van der Waals surface area contributed by atoms with Gasteiger partial charge in [0.05, 0.1) is 18.1 Å². The standard InChI is InChI=1S/C23H23F2N7O2/c1-34-22-21(29-18-9-16(24)17(25)10-19(18)30-22)31-23(33)28-14-4-7-32(8-5-14)12-13-11-27-20-15(13)3-2-6-26-20/h2-3,6,9-11,14H,4-5,7-8,12H2,1H3,(H,26,27)(H2,28,29,31,33). The SMILES string of the molecule is COc1nc2cc(F)c(F)cc2nc1NC(=O)NC1CCN(Cc2c[nH]c3ncccc23)CC1. The molecule has 3 aromatic heterocycles. The van der Waals surface area contributed by atoms with Gasteiger partial charge in [0.1, 0.15) is 5.65 Å². The van der Waals surface area contributed by atoms with Crippen LogP contribution in [0.5, 0.6) is 5.88 Å². The van der Waals surface area contributed by atoms with E-state index in [-0.39, 0.29) is 28.8 Å². The van der Waals surface area contributed by atoms with Crippen LogP contribution in [0.4, 0.5) is 19.4 Å². The van der Waals surface area contributed by atoms with Crippen molar-refractivity contribution < 1.29 is 18.3 Å². The van der Waals surface area contributed by atoms with Gasteiger partial charge in [0.25, 0.3) is 5.88 Å². The van der Waals surface area contributed by atoms with Crippen molar-refractivity contribution >= 4 is 33.9 Å². The van der Waals surface area contributed by atoms with Gasteiger partial charge in [0, 0.05) is 55.6 Å². The Balaban J connectivity index is 1.19. The number of amides is 2. The number of pyridine rings is 1. The number of benzene rings is 1. The summed E-state index contributed by atoms with van der Waals surface area (Å²) >= 11 is 0. The van der Waals surface area contributed by atoms with Crippen molar-refractivity contribution in [3.05, 3.63) is 53.9 Å². The van der Waals surface area contributed by atoms with Gasteiger partial charge < -0.3 is 15.0 Å². The Morgan fingerprint density at radius 2 is 1.94 bits per heavy atom. The highest BCUT2D eigenvalue weighted by Crippen LogP contribution is 2.25. The topological polar surface area (TPSA) is 108 Å². The number of piperidine rings is 1. The number of hydrogen-bond donors (Lipinski definition) is 3. The van der Waals surface area contributed by atoms with Crippen molar-refractivity contribution in [1.29, 1.82) is 0 Å². The highest BCUT2D eigenvalue weighted by atomic mass is 19.2. The van der Waals surface area contributed by atoms with E-state index in [0.29, 0.717) is 0 Å². The number of H-pyrrole nitrogens is 1. The van der Waals surface area contributed by atoms with Crippen LogP contribution in [0.15, 0.2) is 36.7 Å². The summed E-state index contributed by atoms with van der Waals surface area (Å²) in [6, 6.07) is 5.38. The minimum absolute atomic E-state index is 0.00756. The van der Waals surface area contributed by atoms with Crippen molar-refractivity contribution in [2.45, 2.75) is 25.4 Å². The van der Waals surface area contributed by atoms with Gasteiger partial charge in [-0.1, -0.05) is 0 Å². The molecule has 2 amide bonds. The summed E-state index contributed by atoms with van der Waals surface area (Å²) in [5.41, 5.74) is 2.31. The molecular formula is C23H23F2N7O2. The summed E-state index contributed by atoms with van der Waals surface area (Å²) in [5.74, 6) is -2.03. The molecule has 0 saturated carbocycles. The quantitative estimate of drug-likeness (QED) is 0.414. The predicted octanol–water partition coefficient (Wildman–Crippen LogP) is 3.58. The van der Waals surface area contributed by atoms with Crippen LogP contribution in [0.25, 0.3) is 22.1 Å². The molecule has 5 rings (SSSR count). The third-order valence-electron chi connectivity index (χ3n) is 5.95. The maximum Gasteiger partial charge on any atom is 0.320 e. The van der Waals surface area contributed by atoms with Gasteiger partial charge >= 0.3 is 6.03 Å². The van der Waals surface area contributed by atoms with Gasteiger partial charge in [-0.2, -0.15) is 0 Å². The Labute approximate surface area is 193 Å². The van der Waals surface area contributed by atoms with E-state index in [4.69, 9.17) is 4.74 Å². The van der Waals surface area contributed by atoms with Crippen LogP contribution >= 0.6 is 0 Å². The molecule has 1 aliphatic rings. The fraction of sp³-hybridized carbons (Fsp3) is 0.304. The molecule has 1 aliphatic heterocycles. The molecule has 1 aromatic carbocycles. The van der Waals surface area contributed by atoms with E-state index < -0.39 is 17.7 Å². The Bertz CT molecular complexity index is 1350. The Kier molecular flexibility index (Phi) is 5.93. The van der Waals surface area contributed by atoms with Gasteiger partial charge in [-0.25, -0.2) is 28.5 Å². The number of aromatic amines is 1. The molecule has 4 heterocycles. The zero-order valence-corrected chi connectivity index (χ0v) is 18.4. The first-order valence-electron chi connectivity index (χ1n) is 10.9. The summed E-state index contributed by atoms with van der Waals surface area (Å²) < 4.78 is 32.2. The number of anilines is 1. The number of nitrogens with zero attached hydrogens (tertiary/aromatic N) is 4. The molecule has 0 spiro atoms.